The molecule has 1 aromatic carbocycles. The summed E-state index contributed by atoms with van der Waals surface area (Å²) in [5, 5.41) is 7.58. The topological polar surface area (TPSA) is 82.2 Å². The van der Waals surface area contributed by atoms with Gasteiger partial charge in [-0.05, 0) is 49.4 Å². The van der Waals surface area contributed by atoms with Gasteiger partial charge in [0.15, 0.2) is 11.4 Å². The normalized spacial score (nSPS) is 11.6. The number of alkyl halides is 3. The zero-order chi connectivity index (χ0) is 21.5. The lowest BCUT2D eigenvalue weighted by Gasteiger charge is -2.11. The summed E-state index contributed by atoms with van der Waals surface area (Å²) in [6.45, 7) is 1.76. The molecule has 0 aliphatic rings. The maximum absolute atomic E-state index is 13.0. The van der Waals surface area contributed by atoms with Crippen molar-refractivity contribution in [2.75, 3.05) is 5.32 Å². The Kier molecular flexibility index (Phi) is 4.69. The highest BCUT2D eigenvalue weighted by molar-refractivity contribution is 6.13. The second-order valence-corrected chi connectivity index (χ2v) is 6.47. The minimum Gasteiger partial charge on any atom is -0.463 e. The molecule has 0 spiro atoms. The van der Waals surface area contributed by atoms with E-state index in [1.807, 2.05) is 0 Å². The van der Waals surface area contributed by atoms with Gasteiger partial charge in [0.25, 0.3) is 5.91 Å². The van der Waals surface area contributed by atoms with Gasteiger partial charge >= 0.3 is 6.36 Å². The lowest BCUT2D eigenvalue weighted by molar-refractivity contribution is -0.274. The van der Waals surface area contributed by atoms with Gasteiger partial charge < -0.3 is 14.5 Å². The summed E-state index contributed by atoms with van der Waals surface area (Å²) in [7, 11) is 1.72. The summed E-state index contributed by atoms with van der Waals surface area (Å²) in [6, 6.07) is 9.90. The first-order valence-corrected chi connectivity index (χ1v) is 8.76. The van der Waals surface area contributed by atoms with Crippen LogP contribution < -0.4 is 10.1 Å². The summed E-state index contributed by atoms with van der Waals surface area (Å²) in [6.07, 6.45) is -3.28. The number of aromatic nitrogens is 3. The molecule has 0 bridgehead atoms. The van der Waals surface area contributed by atoms with E-state index in [1.54, 1.807) is 36.9 Å². The van der Waals surface area contributed by atoms with Crippen molar-refractivity contribution in [2.45, 2.75) is 13.3 Å². The van der Waals surface area contributed by atoms with Crippen molar-refractivity contribution in [3.8, 4) is 17.2 Å². The summed E-state index contributed by atoms with van der Waals surface area (Å²) in [5.41, 5.74) is 2.19. The minimum absolute atomic E-state index is 0.306. The third kappa shape index (κ3) is 3.84. The summed E-state index contributed by atoms with van der Waals surface area (Å²) in [4.78, 5) is 17.5. The van der Waals surface area contributed by atoms with Crippen LogP contribution in [0.4, 0.5) is 18.9 Å². The van der Waals surface area contributed by atoms with Crippen LogP contribution in [0.3, 0.4) is 0 Å². The van der Waals surface area contributed by atoms with Crippen LogP contribution in [-0.2, 0) is 7.05 Å². The Labute approximate surface area is 168 Å². The van der Waals surface area contributed by atoms with Gasteiger partial charge in [0.1, 0.15) is 11.4 Å². The average Bonchev–Trinajstić information content (AvgIpc) is 3.30. The maximum atomic E-state index is 13.0. The van der Waals surface area contributed by atoms with Crippen LogP contribution in [0.5, 0.6) is 5.75 Å². The second kappa shape index (κ2) is 7.21. The number of fused-ring (bicyclic) bond motifs is 1. The molecule has 0 aliphatic carbocycles. The van der Waals surface area contributed by atoms with E-state index in [-0.39, 0.29) is 5.75 Å². The van der Waals surface area contributed by atoms with E-state index in [9.17, 15) is 18.0 Å². The number of halogens is 3. The van der Waals surface area contributed by atoms with Crippen molar-refractivity contribution in [3.05, 3.63) is 60.0 Å². The average molecular weight is 416 g/mol. The highest BCUT2D eigenvalue weighted by Crippen LogP contribution is 2.28. The Balaban J connectivity index is 1.69. The zero-order valence-electron chi connectivity index (χ0n) is 15.8. The SMILES string of the molecule is Cc1nn(C)c2nc(-c3ccco3)cc(C(=O)Nc3ccc(OC(F)(F)F)cc3)c12. The van der Waals surface area contributed by atoms with Crippen molar-refractivity contribution in [3.63, 3.8) is 0 Å². The number of furan rings is 1. The number of amides is 1. The number of anilines is 1. The largest absolute Gasteiger partial charge is 0.573 e. The van der Waals surface area contributed by atoms with E-state index >= 15 is 0 Å². The number of carbonyl (C=O) groups is 1. The van der Waals surface area contributed by atoms with Gasteiger partial charge in [-0.2, -0.15) is 5.10 Å². The Morgan fingerprint density at radius 1 is 1.20 bits per heavy atom. The molecule has 154 valence electrons. The molecule has 0 atom stereocenters. The highest BCUT2D eigenvalue weighted by Gasteiger charge is 2.31. The monoisotopic (exact) mass is 416 g/mol. The van der Waals surface area contributed by atoms with Gasteiger partial charge in [0.2, 0.25) is 0 Å². The fourth-order valence-electron chi connectivity index (χ4n) is 3.11. The van der Waals surface area contributed by atoms with Crippen molar-refractivity contribution >= 4 is 22.6 Å². The van der Waals surface area contributed by atoms with Gasteiger partial charge in [-0.3, -0.25) is 9.48 Å². The Bertz CT molecular complexity index is 1210. The highest BCUT2D eigenvalue weighted by atomic mass is 19.4. The van der Waals surface area contributed by atoms with Crippen LogP contribution in [0.15, 0.2) is 53.1 Å². The fourth-order valence-corrected chi connectivity index (χ4v) is 3.11. The Morgan fingerprint density at radius 3 is 2.57 bits per heavy atom. The molecule has 30 heavy (non-hydrogen) atoms. The molecule has 1 N–H and O–H groups in total. The molecule has 7 nitrogen and oxygen atoms in total. The van der Waals surface area contributed by atoms with Crippen LogP contribution >= 0.6 is 0 Å². The molecule has 0 saturated carbocycles. The summed E-state index contributed by atoms with van der Waals surface area (Å²) in [5.74, 6) is -0.357. The number of ether oxygens (including phenoxy) is 1. The molecule has 0 aliphatic heterocycles. The predicted octanol–water partition coefficient (Wildman–Crippen LogP) is 4.69. The van der Waals surface area contributed by atoms with E-state index in [2.05, 4.69) is 20.1 Å². The lowest BCUT2D eigenvalue weighted by Crippen LogP contribution is -2.17. The van der Waals surface area contributed by atoms with Crippen LogP contribution in [0.25, 0.3) is 22.5 Å². The fraction of sp³-hybridized carbons (Fsp3) is 0.150. The van der Waals surface area contributed by atoms with Crippen molar-refractivity contribution in [1.29, 1.82) is 0 Å². The number of hydrogen-bond donors (Lipinski definition) is 1. The number of rotatable bonds is 4. The molecule has 0 unspecified atom stereocenters. The smallest absolute Gasteiger partial charge is 0.463 e. The summed E-state index contributed by atoms with van der Waals surface area (Å²) >= 11 is 0. The van der Waals surface area contributed by atoms with Gasteiger partial charge in [-0.15, -0.1) is 13.2 Å². The number of nitrogens with one attached hydrogen (secondary N) is 1. The van der Waals surface area contributed by atoms with Gasteiger partial charge in [0.05, 0.1) is 22.9 Å². The quantitative estimate of drug-likeness (QED) is 0.522. The molecule has 3 aromatic heterocycles. The standard InChI is InChI=1S/C20H15F3N4O3/c1-11-17-14(10-15(16-4-3-9-29-16)25-18(17)27(2)26-11)19(28)24-12-5-7-13(8-6-12)30-20(21,22)23/h3-10H,1-2H3,(H,24,28). The molecule has 0 fully saturated rings. The number of benzene rings is 1. The van der Waals surface area contributed by atoms with Crippen LogP contribution in [0.1, 0.15) is 16.1 Å². The predicted molar refractivity (Wildman–Crippen MR) is 102 cm³/mol. The molecule has 0 radical (unpaired) electrons. The Hall–Kier alpha value is -3.82. The van der Waals surface area contributed by atoms with Crippen molar-refractivity contribution in [1.82, 2.24) is 14.8 Å². The van der Waals surface area contributed by atoms with E-state index in [1.165, 1.54) is 18.4 Å². The minimum atomic E-state index is -4.78. The zero-order valence-corrected chi connectivity index (χ0v) is 15.8. The summed E-state index contributed by atoms with van der Waals surface area (Å²) < 4.78 is 47.7. The molecule has 0 saturated heterocycles. The van der Waals surface area contributed by atoms with Gasteiger partial charge in [-0.1, -0.05) is 0 Å². The molecule has 1 amide bonds. The van der Waals surface area contributed by atoms with E-state index < -0.39 is 12.3 Å². The van der Waals surface area contributed by atoms with Gasteiger partial charge in [-0.25, -0.2) is 4.98 Å². The number of pyridine rings is 1. The lowest BCUT2D eigenvalue weighted by atomic mass is 10.1. The van der Waals surface area contributed by atoms with Crippen molar-refractivity contribution < 1.29 is 27.1 Å². The first-order chi connectivity index (χ1) is 14.2. The van der Waals surface area contributed by atoms with E-state index in [0.29, 0.717) is 39.4 Å². The van der Waals surface area contributed by atoms with E-state index in [4.69, 9.17) is 4.42 Å². The first kappa shape index (κ1) is 19.5. The Morgan fingerprint density at radius 2 is 1.93 bits per heavy atom. The van der Waals surface area contributed by atoms with Crippen molar-refractivity contribution in [2.24, 2.45) is 7.05 Å². The molecule has 3 heterocycles. The number of carbonyl (C=O) groups excluding carboxylic acids is 1. The molecular weight excluding hydrogens is 401 g/mol. The molecule has 4 aromatic rings. The molecule has 4 rings (SSSR count). The van der Waals surface area contributed by atoms with Crippen LogP contribution in [0.2, 0.25) is 0 Å². The maximum Gasteiger partial charge on any atom is 0.573 e. The number of nitrogens with zero attached hydrogens (tertiary/aromatic N) is 3. The number of hydrogen-bond acceptors (Lipinski definition) is 5. The third-order valence-electron chi connectivity index (χ3n) is 4.33. The van der Waals surface area contributed by atoms with Crippen LogP contribution in [0, 0.1) is 6.92 Å². The molecule has 10 heteroatoms. The van der Waals surface area contributed by atoms with E-state index in [0.717, 1.165) is 12.1 Å². The first-order valence-electron chi connectivity index (χ1n) is 8.76. The third-order valence-corrected chi connectivity index (χ3v) is 4.33. The van der Waals surface area contributed by atoms with Crippen LogP contribution in [-0.4, -0.2) is 27.0 Å². The van der Waals surface area contributed by atoms with Gasteiger partial charge in [0, 0.05) is 12.7 Å². The number of aryl methyl sites for hydroxylation is 2. The second-order valence-electron chi connectivity index (χ2n) is 6.47. The molecular formula is C20H15F3N4O3.